The fraction of sp³-hybridized carbons (Fsp3) is 0.300. The molecule has 0 bridgehead atoms. The van der Waals surface area contributed by atoms with Crippen LogP contribution in [0.15, 0.2) is 30.3 Å². The number of aliphatic carboxylic acids is 1. The Bertz CT molecular complexity index is 272. The van der Waals surface area contributed by atoms with Crippen LogP contribution in [0.2, 0.25) is 0 Å². The van der Waals surface area contributed by atoms with Crippen LogP contribution >= 0.6 is 22.6 Å². The van der Waals surface area contributed by atoms with Gasteiger partial charge in [0.05, 0.1) is 5.92 Å². The van der Waals surface area contributed by atoms with Crippen LogP contribution in [0.25, 0.3) is 0 Å². The number of halogens is 1. The highest BCUT2D eigenvalue weighted by molar-refractivity contribution is 14.1. The summed E-state index contributed by atoms with van der Waals surface area (Å²) in [4.78, 5) is 10.9. The van der Waals surface area contributed by atoms with Crippen LogP contribution in [0, 0.1) is 0 Å². The van der Waals surface area contributed by atoms with Gasteiger partial charge < -0.3 is 5.11 Å². The molecule has 0 heterocycles. The average Bonchev–Trinajstić information content (AvgIpc) is 2.15. The third-order valence-corrected chi connectivity index (χ3v) is 2.52. The van der Waals surface area contributed by atoms with Gasteiger partial charge in [0.15, 0.2) is 0 Å². The van der Waals surface area contributed by atoms with E-state index in [1.807, 2.05) is 30.3 Å². The number of carbonyl (C=O) groups is 1. The second-order valence-electron chi connectivity index (χ2n) is 2.78. The lowest BCUT2D eigenvalue weighted by Gasteiger charge is -2.10. The smallest absolute Gasteiger partial charge is 0.310 e. The molecule has 1 rings (SSSR count). The van der Waals surface area contributed by atoms with Gasteiger partial charge in [0, 0.05) is 4.43 Å². The van der Waals surface area contributed by atoms with E-state index in [1.54, 1.807) is 0 Å². The summed E-state index contributed by atoms with van der Waals surface area (Å²) >= 11 is 2.20. The van der Waals surface area contributed by atoms with Crippen LogP contribution in [-0.4, -0.2) is 15.5 Å². The maximum absolute atomic E-state index is 10.9. The first-order valence-corrected chi connectivity index (χ1v) is 5.62. The van der Waals surface area contributed by atoms with E-state index in [9.17, 15) is 4.79 Å². The molecule has 0 aliphatic carbocycles. The van der Waals surface area contributed by atoms with Gasteiger partial charge in [0.2, 0.25) is 0 Å². The van der Waals surface area contributed by atoms with Crippen molar-refractivity contribution < 1.29 is 9.90 Å². The molecule has 70 valence electrons. The quantitative estimate of drug-likeness (QED) is 0.684. The van der Waals surface area contributed by atoms with Crippen LogP contribution in [-0.2, 0) is 4.79 Å². The zero-order valence-electron chi connectivity index (χ0n) is 7.11. The molecule has 2 nitrogen and oxygen atoms in total. The largest absolute Gasteiger partial charge is 0.481 e. The minimum atomic E-state index is -0.733. The van der Waals surface area contributed by atoms with E-state index in [-0.39, 0.29) is 5.92 Å². The number of hydrogen-bond donors (Lipinski definition) is 1. The van der Waals surface area contributed by atoms with Crippen molar-refractivity contribution in [3.05, 3.63) is 35.9 Å². The SMILES string of the molecule is O=C(O)C(CCI)c1ccccc1. The number of benzene rings is 1. The van der Waals surface area contributed by atoms with Crippen molar-refractivity contribution in [2.45, 2.75) is 12.3 Å². The molecular weight excluding hydrogens is 279 g/mol. The Morgan fingerprint density at radius 2 is 2.00 bits per heavy atom. The zero-order chi connectivity index (χ0) is 9.68. The van der Waals surface area contributed by atoms with E-state index in [0.29, 0.717) is 6.42 Å². The number of carboxylic acids is 1. The standard InChI is InChI=1S/C10H11IO2/c11-7-6-9(10(12)13)8-4-2-1-3-5-8/h1-5,9H,6-7H2,(H,12,13). The lowest BCUT2D eigenvalue weighted by Crippen LogP contribution is -2.11. The molecule has 1 N–H and O–H groups in total. The van der Waals surface area contributed by atoms with Gasteiger partial charge in [0.1, 0.15) is 0 Å². The molecule has 0 aliphatic heterocycles. The maximum Gasteiger partial charge on any atom is 0.310 e. The predicted molar refractivity (Wildman–Crippen MR) is 60.3 cm³/mol. The summed E-state index contributed by atoms with van der Waals surface area (Å²) in [6.07, 6.45) is 0.694. The summed E-state index contributed by atoms with van der Waals surface area (Å²) < 4.78 is 0.865. The van der Waals surface area contributed by atoms with Crippen molar-refractivity contribution in [2.75, 3.05) is 4.43 Å². The van der Waals surface area contributed by atoms with Crippen LogP contribution < -0.4 is 0 Å². The van der Waals surface area contributed by atoms with Crippen LogP contribution in [0.1, 0.15) is 17.9 Å². The van der Waals surface area contributed by atoms with E-state index in [0.717, 1.165) is 9.99 Å². The molecule has 0 aromatic heterocycles. The van der Waals surface area contributed by atoms with Crippen molar-refractivity contribution in [2.24, 2.45) is 0 Å². The summed E-state index contributed by atoms with van der Waals surface area (Å²) in [5, 5.41) is 8.95. The molecule has 0 fully saturated rings. The first kappa shape index (κ1) is 10.5. The highest BCUT2D eigenvalue weighted by Gasteiger charge is 2.17. The Hall–Kier alpha value is -0.580. The molecule has 13 heavy (non-hydrogen) atoms. The van der Waals surface area contributed by atoms with Gasteiger partial charge in [-0.3, -0.25) is 4.79 Å². The Morgan fingerprint density at radius 1 is 1.38 bits per heavy atom. The summed E-state index contributed by atoms with van der Waals surface area (Å²) in [6, 6.07) is 9.37. The molecule has 0 radical (unpaired) electrons. The third kappa shape index (κ3) is 2.99. The molecule has 1 atom stereocenters. The maximum atomic E-state index is 10.9. The van der Waals surface area contributed by atoms with E-state index in [4.69, 9.17) is 5.11 Å². The van der Waals surface area contributed by atoms with Crippen LogP contribution in [0.4, 0.5) is 0 Å². The van der Waals surface area contributed by atoms with Crippen molar-refractivity contribution in [3.63, 3.8) is 0 Å². The topological polar surface area (TPSA) is 37.3 Å². The second-order valence-corrected chi connectivity index (χ2v) is 3.86. The molecule has 1 aromatic carbocycles. The molecule has 0 saturated heterocycles. The minimum Gasteiger partial charge on any atom is -0.481 e. The molecule has 0 spiro atoms. The van der Waals surface area contributed by atoms with Gasteiger partial charge in [-0.1, -0.05) is 52.9 Å². The minimum absolute atomic E-state index is 0.349. The van der Waals surface area contributed by atoms with Crippen molar-refractivity contribution in [1.29, 1.82) is 0 Å². The van der Waals surface area contributed by atoms with Gasteiger partial charge in [0.25, 0.3) is 0 Å². The van der Waals surface area contributed by atoms with E-state index >= 15 is 0 Å². The molecule has 1 aromatic rings. The van der Waals surface area contributed by atoms with Crippen molar-refractivity contribution in [1.82, 2.24) is 0 Å². The fourth-order valence-corrected chi connectivity index (χ4v) is 1.85. The fourth-order valence-electron chi connectivity index (χ4n) is 1.23. The van der Waals surface area contributed by atoms with Gasteiger partial charge in [-0.2, -0.15) is 0 Å². The monoisotopic (exact) mass is 290 g/mol. The van der Waals surface area contributed by atoms with E-state index < -0.39 is 5.97 Å². The predicted octanol–water partition coefficient (Wildman–Crippen LogP) is 2.68. The lowest BCUT2D eigenvalue weighted by molar-refractivity contribution is -0.138. The summed E-state index contributed by atoms with van der Waals surface area (Å²) in [5.41, 5.74) is 0.895. The highest BCUT2D eigenvalue weighted by Crippen LogP contribution is 2.20. The highest BCUT2D eigenvalue weighted by atomic mass is 127. The van der Waals surface area contributed by atoms with Crippen molar-refractivity contribution in [3.8, 4) is 0 Å². The normalized spacial score (nSPS) is 12.4. The Labute approximate surface area is 91.1 Å². The number of carboxylic acid groups (broad SMARTS) is 1. The lowest BCUT2D eigenvalue weighted by atomic mass is 9.97. The average molecular weight is 290 g/mol. The van der Waals surface area contributed by atoms with E-state index in [1.165, 1.54) is 0 Å². The first-order valence-electron chi connectivity index (χ1n) is 4.09. The third-order valence-electron chi connectivity index (χ3n) is 1.90. The molecule has 3 heteroatoms. The molecular formula is C10H11IO2. The number of hydrogen-bond acceptors (Lipinski definition) is 1. The molecule has 0 amide bonds. The van der Waals surface area contributed by atoms with Gasteiger partial charge in [-0.25, -0.2) is 0 Å². The Morgan fingerprint density at radius 3 is 2.46 bits per heavy atom. The Balaban J connectivity index is 2.82. The second kappa shape index (κ2) is 5.21. The van der Waals surface area contributed by atoms with E-state index in [2.05, 4.69) is 22.6 Å². The molecule has 0 aliphatic rings. The van der Waals surface area contributed by atoms with Crippen molar-refractivity contribution >= 4 is 28.6 Å². The van der Waals surface area contributed by atoms with Gasteiger partial charge in [-0.05, 0) is 12.0 Å². The Kier molecular flexibility index (Phi) is 4.21. The van der Waals surface area contributed by atoms with Gasteiger partial charge >= 0.3 is 5.97 Å². The number of rotatable bonds is 4. The zero-order valence-corrected chi connectivity index (χ0v) is 9.27. The summed E-state index contributed by atoms with van der Waals surface area (Å²) in [5.74, 6) is -1.08. The summed E-state index contributed by atoms with van der Waals surface area (Å²) in [7, 11) is 0. The first-order chi connectivity index (χ1) is 6.25. The number of alkyl halides is 1. The van der Waals surface area contributed by atoms with Crippen LogP contribution in [0.3, 0.4) is 0 Å². The van der Waals surface area contributed by atoms with Gasteiger partial charge in [-0.15, -0.1) is 0 Å². The molecule has 1 unspecified atom stereocenters. The molecule has 0 saturated carbocycles. The van der Waals surface area contributed by atoms with Crippen LogP contribution in [0.5, 0.6) is 0 Å². The summed E-state index contributed by atoms with van der Waals surface area (Å²) in [6.45, 7) is 0.